The summed E-state index contributed by atoms with van der Waals surface area (Å²) in [6.45, 7) is -0.580. The Morgan fingerprint density at radius 2 is 2.13 bits per heavy atom. The Labute approximate surface area is 131 Å². The van der Waals surface area contributed by atoms with E-state index in [4.69, 9.17) is 19.7 Å². The second-order valence-electron chi connectivity index (χ2n) is 4.50. The number of esters is 1. The van der Waals surface area contributed by atoms with Crippen LogP contribution in [0, 0.1) is 0 Å². The summed E-state index contributed by atoms with van der Waals surface area (Å²) in [5.74, 6) is -0.833. The lowest BCUT2D eigenvalue weighted by molar-refractivity contribution is -0.142. The molecular formula is C13H20N2O8. The van der Waals surface area contributed by atoms with Gasteiger partial charge in [0.2, 0.25) is 5.75 Å². The predicted octanol–water partition coefficient (Wildman–Crippen LogP) is -1.63. The molecule has 0 radical (unpaired) electrons. The van der Waals surface area contributed by atoms with Crippen LogP contribution in [0.5, 0.6) is 5.75 Å². The van der Waals surface area contributed by atoms with Crippen molar-refractivity contribution in [1.29, 1.82) is 0 Å². The van der Waals surface area contributed by atoms with Crippen molar-refractivity contribution in [2.45, 2.75) is 25.2 Å². The van der Waals surface area contributed by atoms with Crippen LogP contribution in [0.4, 0.5) is 0 Å². The molecule has 2 heterocycles. The summed E-state index contributed by atoms with van der Waals surface area (Å²) in [6, 6.07) is 0. The summed E-state index contributed by atoms with van der Waals surface area (Å²) in [6.07, 6.45) is 1.38. The van der Waals surface area contributed by atoms with Gasteiger partial charge in [-0.05, 0) is 12.8 Å². The van der Waals surface area contributed by atoms with E-state index in [2.05, 4.69) is 9.72 Å². The Bertz CT molecular complexity index is 623. The fourth-order valence-corrected chi connectivity index (χ4v) is 2.00. The largest absolute Gasteiger partial charge is 0.475 e. The van der Waals surface area contributed by atoms with Gasteiger partial charge in [-0.3, -0.25) is 14.3 Å². The lowest BCUT2D eigenvalue weighted by Crippen LogP contribution is -2.33. The summed E-state index contributed by atoms with van der Waals surface area (Å²) in [7, 11) is 2.19. The molecule has 2 atom stereocenters. The molecule has 23 heavy (non-hydrogen) atoms. The van der Waals surface area contributed by atoms with Crippen LogP contribution in [0.15, 0.2) is 15.8 Å². The quantitative estimate of drug-likeness (QED) is 0.546. The smallest absolute Gasteiger partial charge is 0.343 e. The van der Waals surface area contributed by atoms with Crippen LogP contribution in [-0.2, 0) is 14.3 Å². The van der Waals surface area contributed by atoms with Crippen LogP contribution in [0.25, 0.3) is 0 Å². The standard InChI is InChI=1S/C12H16N2O7.CH4O/c1-19-10(16)6-20-8-4-14(12(18)13-11(8)17)9-3-2-7(5-15)21-9;1-2/h4,7,9,15H,2-3,5-6H2,1H3,(H,13,17,18);2H,1H3. The SMILES string of the molecule is CO.COC(=O)COc1cn(C2CCC(CO)O2)c(=O)[nH]c1=O. The van der Waals surface area contributed by atoms with E-state index in [-0.39, 0.29) is 18.5 Å². The number of H-pyrrole nitrogens is 1. The summed E-state index contributed by atoms with van der Waals surface area (Å²) in [5.41, 5.74) is -1.38. The zero-order valence-electron chi connectivity index (χ0n) is 12.9. The molecule has 1 aromatic rings. The first-order valence-corrected chi connectivity index (χ1v) is 6.81. The fraction of sp³-hybridized carbons (Fsp3) is 0.615. The molecule has 0 aliphatic carbocycles. The van der Waals surface area contributed by atoms with Crippen LogP contribution in [0.1, 0.15) is 19.1 Å². The molecule has 10 heteroatoms. The second-order valence-corrected chi connectivity index (χ2v) is 4.50. The lowest BCUT2D eigenvalue weighted by atomic mass is 10.2. The van der Waals surface area contributed by atoms with Crippen molar-refractivity contribution in [2.24, 2.45) is 0 Å². The van der Waals surface area contributed by atoms with E-state index in [1.165, 1.54) is 17.9 Å². The number of aliphatic hydroxyl groups excluding tert-OH is 2. The van der Waals surface area contributed by atoms with Gasteiger partial charge in [0.25, 0.3) is 5.56 Å². The summed E-state index contributed by atoms with van der Waals surface area (Å²) < 4.78 is 16.0. The molecule has 10 nitrogen and oxygen atoms in total. The Balaban J connectivity index is 0.00000127. The molecule has 3 N–H and O–H groups in total. The number of nitrogens with zero attached hydrogens (tertiary/aromatic N) is 1. The van der Waals surface area contributed by atoms with Gasteiger partial charge in [0.05, 0.1) is 26.0 Å². The average molecular weight is 332 g/mol. The van der Waals surface area contributed by atoms with Crippen molar-refractivity contribution in [3.63, 3.8) is 0 Å². The summed E-state index contributed by atoms with van der Waals surface area (Å²) in [5, 5.41) is 16.0. The van der Waals surface area contributed by atoms with Gasteiger partial charge >= 0.3 is 11.7 Å². The molecule has 0 bridgehead atoms. The predicted molar refractivity (Wildman–Crippen MR) is 77.2 cm³/mol. The molecule has 130 valence electrons. The maximum Gasteiger partial charge on any atom is 0.343 e. The first-order chi connectivity index (χ1) is 11.0. The number of nitrogens with one attached hydrogen (secondary N) is 1. The molecule has 1 fully saturated rings. The first kappa shape index (κ1) is 18.9. The number of aliphatic hydroxyl groups is 2. The van der Waals surface area contributed by atoms with E-state index in [1.54, 1.807) is 0 Å². The third-order valence-electron chi connectivity index (χ3n) is 3.11. The molecule has 2 rings (SSSR count). The highest BCUT2D eigenvalue weighted by Crippen LogP contribution is 2.26. The highest BCUT2D eigenvalue weighted by atomic mass is 16.6. The van der Waals surface area contributed by atoms with Crippen molar-refractivity contribution in [3.8, 4) is 5.75 Å². The summed E-state index contributed by atoms with van der Waals surface area (Å²) >= 11 is 0. The third-order valence-corrected chi connectivity index (χ3v) is 3.11. The molecule has 1 aromatic heterocycles. The topological polar surface area (TPSA) is 140 Å². The van der Waals surface area contributed by atoms with Gasteiger partial charge in [-0.1, -0.05) is 0 Å². The van der Waals surface area contributed by atoms with Gasteiger partial charge in [-0.15, -0.1) is 0 Å². The van der Waals surface area contributed by atoms with Crippen LogP contribution >= 0.6 is 0 Å². The number of ether oxygens (including phenoxy) is 3. The van der Waals surface area contributed by atoms with Gasteiger partial charge in [-0.2, -0.15) is 0 Å². The van der Waals surface area contributed by atoms with E-state index in [0.29, 0.717) is 12.8 Å². The van der Waals surface area contributed by atoms with E-state index < -0.39 is 30.1 Å². The lowest BCUT2D eigenvalue weighted by Gasteiger charge is -2.15. The number of aromatic amines is 1. The number of hydrogen-bond acceptors (Lipinski definition) is 8. The number of aromatic nitrogens is 2. The molecule has 0 saturated carbocycles. The Kier molecular flexibility index (Phi) is 7.45. The number of rotatable bonds is 5. The van der Waals surface area contributed by atoms with Crippen molar-refractivity contribution >= 4 is 5.97 Å². The highest BCUT2D eigenvalue weighted by Gasteiger charge is 2.27. The van der Waals surface area contributed by atoms with Crippen LogP contribution in [0.3, 0.4) is 0 Å². The van der Waals surface area contributed by atoms with Gasteiger partial charge in [0.1, 0.15) is 6.23 Å². The van der Waals surface area contributed by atoms with Gasteiger partial charge < -0.3 is 24.4 Å². The van der Waals surface area contributed by atoms with Crippen LogP contribution < -0.4 is 16.0 Å². The van der Waals surface area contributed by atoms with Crippen LogP contribution in [-0.4, -0.2) is 59.3 Å². The van der Waals surface area contributed by atoms with E-state index in [0.717, 1.165) is 7.11 Å². The number of methoxy groups -OCH3 is 1. The Morgan fingerprint density at radius 3 is 2.70 bits per heavy atom. The molecule has 2 unspecified atom stereocenters. The molecule has 0 aromatic carbocycles. The van der Waals surface area contributed by atoms with Crippen molar-refractivity contribution < 1.29 is 29.2 Å². The zero-order valence-corrected chi connectivity index (χ0v) is 12.9. The minimum atomic E-state index is -0.739. The monoisotopic (exact) mass is 332 g/mol. The van der Waals surface area contributed by atoms with Crippen molar-refractivity contribution in [3.05, 3.63) is 27.0 Å². The number of carbonyl (C=O) groups excluding carboxylic acids is 1. The fourth-order valence-electron chi connectivity index (χ4n) is 2.00. The Hall–Kier alpha value is -2.17. The molecule has 0 spiro atoms. The maximum atomic E-state index is 11.8. The normalized spacial score (nSPS) is 19.7. The van der Waals surface area contributed by atoms with Gasteiger partial charge in [0.15, 0.2) is 6.61 Å². The Morgan fingerprint density at radius 1 is 1.43 bits per heavy atom. The molecular weight excluding hydrogens is 312 g/mol. The third kappa shape index (κ3) is 4.91. The van der Waals surface area contributed by atoms with Crippen molar-refractivity contribution in [2.75, 3.05) is 27.4 Å². The van der Waals surface area contributed by atoms with Crippen molar-refractivity contribution in [1.82, 2.24) is 9.55 Å². The highest BCUT2D eigenvalue weighted by molar-refractivity contribution is 5.70. The van der Waals surface area contributed by atoms with E-state index in [1.807, 2.05) is 0 Å². The molecule has 1 aliphatic rings. The molecule has 1 aliphatic heterocycles. The number of hydrogen-bond donors (Lipinski definition) is 3. The minimum Gasteiger partial charge on any atom is -0.475 e. The summed E-state index contributed by atoms with van der Waals surface area (Å²) in [4.78, 5) is 36.5. The molecule has 0 amide bonds. The zero-order chi connectivity index (χ0) is 17.4. The second kappa shape index (κ2) is 9.08. The van der Waals surface area contributed by atoms with E-state index >= 15 is 0 Å². The number of carbonyl (C=O) groups is 1. The minimum absolute atomic E-state index is 0.139. The first-order valence-electron chi connectivity index (χ1n) is 6.81. The molecule has 1 saturated heterocycles. The average Bonchev–Trinajstić information content (AvgIpc) is 3.04. The maximum absolute atomic E-state index is 11.8. The van der Waals surface area contributed by atoms with Crippen LogP contribution in [0.2, 0.25) is 0 Å². The van der Waals surface area contributed by atoms with Gasteiger partial charge in [0, 0.05) is 7.11 Å². The van der Waals surface area contributed by atoms with E-state index in [9.17, 15) is 14.4 Å². The van der Waals surface area contributed by atoms with Gasteiger partial charge in [-0.25, -0.2) is 9.59 Å².